The van der Waals surface area contributed by atoms with E-state index in [0.717, 1.165) is 5.56 Å². The largest absolute Gasteiger partial charge is 0.383 e. The summed E-state index contributed by atoms with van der Waals surface area (Å²) < 4.78 is 9.86. The second kappa shape index (κ2) is 6.86. The van der Waals surface area contributed by atoms with E-state index in [0.29, 0.717) is 24.9 Å². The first kappa shape index (κ1) is 13.5. The van der Waals surface area contributed by atoms with E-state index in [1.807, 2.05) is 16.8 Å². The van der Waals surface area contributed by atoms with Crippen LogP contribution in [-0.2, 0) is 11.3 Å². The molecule has 0 radical (unpaired) electrons. The molecule has 2 rings (SSSR count). The van der Waals surface area contributed by atoms with Crippen molar-refractivity contribution in [2.45, 2.75) is 6.54 Å². The highest BCUT2D eigenvalue weighted by molar-refractivity contribution is 7.08. The Hall–Kier alpha value is -1.93. The maximum Gasteiger partial charge on any atom is 0.315 e. The average Bonchev–Trinajstić information content (AvgIpc) is 3.07. The fourth-order valence-corrected chi connectivity index (χ4v) is 1.95. The van der Waals surface area contributed by atoms with Gasteiger partial charge in [-0.3, -0.25) is 0 Å². The maximum atomic E-state index is 11.4. The van der Waals surface area contributed by atoms with Crippen LogP contribution in [-0.4, -0.2) is 36.4 Å². The quantitative estimate of drug-likeness (QED) is 0.778. The predicted octanol–water partition coefficient (Wildman–Crippen LogP) is 1.24. The lowest BCUT2D eigenvalue weighted by Gasteiger charge is -2.04. The summed E-state index contributed by atoms with van der Waals surface area (Å²) in [4.78, 5) is 15.5. The van der Waals surface area contributed by atoms with Crippen LogP contribution in [0.1, 0.15) is 5.89 Å². The number of carbonyl (C=O) groups is 1. The molecule has 0 fully saturated rings. The van der Waals surface area contributed by atoms with Crippen LogP contribution in [0, 0.1) is 0 Å². The number of ether oxygens (including phenoxy) is 1. The van der Waals surface area contributed by atoms with Gasteiger partial charge in [0.15, 0.2) is 0 Å². The summed E-state index contributed by atoms with van der Waals surface area (Å²) in [5, 5.41) is 13.0. The summed E-state index contributed by atoms with van der Waals surface area (Å²) in [6.45, 7) is 1.11. The molecule has 102 valence electrons. The van der Waals surface area contributed by atoms with E-state index >= 15 is 0 Å². The molecule has 0 atom stereocenters. The van der Waals surface area contributed by atoms with E-state index < -0.39 is 0 Å². The van der Waals surface area contributed by atoms with E-state index in [1.54, 1.807) is 18.4 Å². The third-order valence-electron chi connectivity index (χ3n) is 2.24. The Bertz CT molecular complexity index is 512. The monoisotopic (exact) mass is 282 g/mol. The molecule has 0 aliphatic rings. The Balaban J connectivity index is 1.79. The van der Waals surface area contributed by atoms with Crippen LogP contribution < -0.4 is 10.6 Å². The molecule has 2 amide bonds. The Labute approximate surface area is 114 Å². The second-order valence-corrected chi connectivity index (χ2v) is 4.41. The molecular formula is C11H14N4O3S. The Morgan fingerprint density at radius 3 is 3.16 bits per heavy atom. The molecule has 2 aromatic heterocycles. The van der Waals surface area contributed by atoms with Crippen molar-refractivity contribution in [1.29, 1.82) is 0 Å². The van der Waals surface area contributed by atoms with Crippen LogP contribution in [0.25, 0.3) is 11.4 Å². The molecule has 0 aliphatic heterocycles. The summed E-state index contributed by atoms with van der Waals surface area (Å²) in [7, 11) is 1.57. The Morgan fingerprint density at radius 1 is 1.53 bits per heavy atom. The summed E-state index contributed by atoms with van der Waals surface area (Å²) in [5.41, 5.74) is 0.907. The van der Waals surface area contributed by atoms with E-state index in [1.165, 1.54) is 0 Å². The van der Waals surface area contributed by atoms with Crippen molar-refractivity contribution in [2.75, 3.05) is 20.3 Å². The number of amides is 2. The lowest BCUT2D eigenvalue weighted by Crippen LogP contribution is -2.36. The van der Waals surface area contributed by atoms with E-state index in [9.17, 15) is 4.79 Å². The second-order valence-electron chi connectivity index (χ2n) is 3.63. The SMILES string of the molecule is COCCNC(=O)NCc1nc(-c2ccsc2)no1. The lowest BCUT2D eigenvalue weighted by molar-refractivity contribution is 0.195. The van der Waals surface area contributed by atoms with Crippen molar-refractivity contribution in [3.05, 3.63) is 22.7 Å². The molecule has 0 bridgehead atoms. The van der Waals surface area contributed by atoms with Crippen LogP contribution >= 0.6 is 11.3 Å². The lowest BCUT2D eigenvalue weighted by atomic mass is 10.3. The van der Waals surface area contributed by atoms with Gasteiger partial charge in [-0.1, -0.05) is 5.16 Å². The van der Waals surface area contributed by atoms with Gasteiger partial charge in [0.05, 0.1) is 13.2 Å². The molecular weight excluding hydrogens is 268 g/mol. The highest BCUT2D eigenvalue weighted by atomic mass is 32.1. The normalized spacial score (nSPS) is 10.4. The van der Waals surface area contributed by atoms with Crippen molar-refractivity contribution < 1.29 is 14.1 Å². The molecule has 0 aromatic carbocycles. The minimum atomic E-state index is -0.299. The molecule has 2 heterocycles. The Morgan fingerprint density at radius 2 is 2.42 bits per heavy atom. The molecule has 2 aromatic rings. The van der Waals surface area contributed by atoms with Gasteiger partial charge in [0.2, 0.25) is 11.7 Å². The van der Waals surface area contributed by atoms with Gasteiger partial charge in [-0.05, 0) is 11.4 Å². The zero-order valence-corrected chi connectivity index (χ0v) is 11.2. The van der Waals surface area contributed by atoms with Gasteiger partial charge in [0.25, 0.3) is 0 Å². The van der Waals surface area contributed by atoms with Crippen LogP contribution in [0.4, 0.5) is 4.79 Å². The minimum Gasteiger partial charge on any atom is -0.383 e. The van der Waals surface area contributed by atoms with Crippen molar-refractivity contribution in [3.63, 3.8) is 0 Å². The molecule has 0 saturated carbocycles. The first-order valence-electron chi connectivity index (χ1n) is 5.65. The van der Waals surface area contributed by atoms with Gasteiger partial charge >= 0.3 is 6.03 Å². The van der Waals surface area contributed by atoms with E-state index in [4.69, 9.17) is 9.26 Å². The maximum absolute atomic E-state index is 11.4. The number of thiophene rings is 1. The number of aromatic nitrogens is 2. The van der Waals surface area contributed by atoms with Gasteiger partial charge in [-0.2, -0.15) is 16.3 Å². The van der Waals surface area contributed by atoms with Crippen molar-refractivity contribution in [3.8, 4) is 11.4 Å². The molecule has 8 heteroatoms. The third-order valence-corrected chi connectivity index (χ3v) is 2.92. The average molecular weight is 282 g/mol. The van der Waals surface area contributed by atoms with Gasteiger partial charge in [-0.15, -0.1) is 0 Å². The highest BCUT2D eigenvalue weighted by Crippen LogP contribution is 2.18. The summed E-state index contributed by atoms with van der Waals surface area (Å²) in [6.07, 6.45) is 0. The van der Waals surface area contributed by atoms with E-state index in [2.05, 4.69) is 20.8 Å². The summed E-state index contributed by atoms with van der Waals surface area (Å²) in [6, 6.07) is 1.61. The van der Waals surface area contributed by atoms with E-state index in [-0.39, 0.29) is 12.6 Å². The van der Waals surface area contributed by atoms with Gasteiger partial charge in [0.1, 0.15) is 0 Å². The number of hydrogen-bond acceptors (Lipinski definition) is 6. The molecule has 0 unspecified atom stereocenters. The fraction of sp³-hybridized carbons (Fsp3) is 0.364. The van der Waals surface area contributed by atoms with Gasteiger partial charge < -0.3 is 19.9 Å². The zero-order chi connectivity index (χ0) is 13.5. The third kappa shape index (κ3) is 4.04. The number of methoxy groups -OCH3 is 1. The van der Waals surface area contributed by atoms with Crippen LogP contribution in [0.5, 0.6) is 0 Å². The number of nitrogens with zero attached hydrogens (tertiary/aromatic N) is 2. The summed E-state index contributed by atoms with van der Waals surface area (Å²) >= 11 is 1.56. The predicted molar refractivity (Wildman–Crippen MR) is 69.7 cm³/mol. The molecule has 2 N–H and O–H groups in total. The first-order valence-corrected chi connectivity index (χ1v) is 6.59. The number of nitrogens with one attached hydrogen (secondary N) is 2. The van der Waals surface area contributed by atoms with Gasteiger partial charge in [-0.25, -0.2) is 4.79 Å². The molecule has 0 saturated heterocycles. The Kier molecular flexibility index (Phi) is 4.87. The molecule has 7 nitrogen and oxygen atoms in total. The molecule has 19 heavy (non-hydrogen) atoms. The number of carbonyl (C=O) groups excluding carboxylic acids is 1. The first-order chi connectivity index (χ1) is 9.29. The van der Waals surface area contributed by atoms with Crippen molar-refractivity contribution >= 4 is 17.4 Å². The van der Waals surface area contributed by atoms with Crippen LogP contribution in [0.3, 0.4) is 0 Å². The fourth-order valence-electron chi connectivity index (χ4n) is 1.32. The van der Waals surface area contributed by atoms with Crippen molar-refractivity contribution in [1.82, 2.24) is 20.8 Å². The molecule has 0 spiro atoms. The molecule has 0 aliphatic carbocycles. The van der Waals surface area contributed by atoms with Gasteiger partial charge in [0, 0.05) is 24.6 Å². The van der Waals surface area contributed by atoms with Crippen LogP contribution in [0.15, 0.2) is 21.3 Å². The number of urea groups is 1. The smallest absolute Gasteiger partial charge is 0.315 e. The zero-order valence-electron chi connectivity index (χ0n) is 10.4. The number of rotatable bonds is 6. The van der Waals surface area contributed by atoms with Crippen LogP contribution in [0.2, 0.25) is 0 Å². The standard InChI is InChI=1S/C11H14N4O3S/c1-17-4-3-12-11(16)13-6-9-14-10(15-18-9)8-2-5-19-7-8/h2,5,7H,3-4,6H2,1H3,(H2,12,13,16). The van der Waals surface area contributed by atoms with Crippen molar-refractivity contribution in [2.24, 2.45) is 0 Å². The summed E-state index contributed by atoms with van der Waals surface area (Å²) in [5.74, 6) is 0.890. The minimum absolute atomic E-state index is 0.190. The highest BCUT2D eigenvalue weighted by Gasteiger charge is 2.09. The topological polar surface area (TPSA) is 89.3 Å². The number of hydrogen-bond donors (Lipinski definition) is 2.